The Morgan fingerprint density at radius 3 is 2.21 bits per heavy atom. The van der Waals surface area contributed by atoms with Gasteiger partial charge in [0.25, 0.3) is 15.9 Å². The number of sulfonamides is 1. The summed E-state index contributed by atoms with van der Waals surface area (Å²) < 4.78 is 38.7. The van der Waals surface area contributed by atoms with E-state index < -0.39 is 10.0 Å². The number of nitrogens with one attached hydrogen (secondary N) is 2. The van der Waals surface area contributed by atoms with Gasteiger partial charge in [-0.15, -0.1) is 0 Å². The topological polar surface area (TPSA) is 97.6 Å². The van der Waals surface area contributed by atoms with Gasteiger partial charge in [-0.05, 0) is 68.8 Å². The lowest BCUT2D eigenvalue weighted by atomic mass is 10.2. The van der Waals surface area contributed by atoms with Crippen molar-refractivity contribution < 1.29 is 22.4 Å². The van der Waals surface area contributed by atoms with Gasteiger partial charge in [-0.3, -0.25) is 9.52 Å². The van der Waals surface area contributed by atoms with Crippen molar-refractivity contribution in [2.45, 2.75) is 25.7 Å². The Bertz CT molecular complexity index is 1150. The molecule has 0 aliphatic rings. The average molecular weight is 414 g/mol. The third-order valence-electron chi connectivity index (χ3n) is 4.36. The van der Waals surface area contributed by atoms with Crippen LogP contribution in [0.25, 0.3) is 0 Å². The van der Waals surface area contributed by atoms with Crippen LogP contribution in [0.15, 0.2) is 57.8 Å². The van der Waals surface area contributed by atoms with Crippen LogP contribution in [0.3, 0.4) is 0 Å². The van der Waals surface area contributed by atoms with E-state index in [0.29, 0.717) is 39.8 Å². The van der Waals surface area contributed by atoms with Gasteiger partial charge in [0.15, 0.2) is 0 Å². The Labute approximate surface area is 169 Å². The minimum absolute atomic E-state index is 0.0752. The summed E-state index contributed by atoms with van der Waals surface area (Å²) in [6.45, 7) is 5.15. The highest BCUT2D eigenvalue weighted by atomic mass is 32.2. The number of furan rings is 1. The highest BCUT2D eigenvalue weighted by molar-refractivity contribution is 7.92. The second-order valence-electron chi connectivity index (χ2n) is 6.60. The van der Waals surface area contributed by atoms with Crippen LogP contribution in [0, 0.1) is 20.8 Å². The molecule has 0 aliphatic heterocycles. The van der Waals surface area contributed by atoms with E-state index in [1.54, 1.807) is 63.2 Å². The maximum absolute atomic E-state index is 12.9. The molecule has 0 saturated carbocycles. The summed E-state index contributed by atoms with van der Waals surface area (Å²) in [4.78, 5) is 12.6. The highest BCUT2D eigenvalue weighted by Crippen LogP contribution is 2.25. The van der Waals surface area contributed by atoms with Crippen LogP contribution in [-0.4, -0.2) is 21.4 Å². The Hall–Kier alpha value is -3.26. The summed E-state index contributed by atoms with van der Waals surface area (Å²) in [6, 6.07) is 12.9. The molecule has 0 radical (unpaired) electrons. The van der Waals surface area contributed by atoms with Gasteiger partial charge in [0.1, 0.15) is 17.3 Å². The highest BCUT2D eigenvalue weighted by Gasteiger charge is 2.19. The van der Waals surface area contributed by atoms with E-state index in [1.807, 2.05) is 0 Å². The van der Waals surface area contributed by atoms with Crippen LogP contribution < -0.4 is 14.8 Å². The van der Waals surface area contributed by atoms with Crippen LogP contribution in [0.5, 0.6) is 5.75 Å². The van der Waals surface area contributed by atoms with E-state index in [0.717, 1.165) is 0 Å². The Morgan fingerprint density at radius 2 is 1.62 bits per heavy atom. The molecule has 7 nitrogen and oxygen atoms in total. The normalized spacial score (nSPS) is 11.2. The lowest BCUT2D eigenvalue weighted by Gasteiger charge is -2.13. The van der Waals surface area contributed by atoms with Crippen molar-refractivity contribution >= 4 is 27.3 Å². The number of aryl methyl sites for hydroxylation is 3. The molecule has 1 heterocycles. The number of methoxy groups -OCH3 is 1. The molecule has 3 rings (SSSR count). The van der Waals surface area contributed by atoms with Gasteiger partial charge in [0, 0.05) is 11.4 Å². The second kappa shape index (κ2) is 8.00. The van der Waals surface area contributed by atoms with Crippen molar-refractivity contribution in [2.24, 2.45) is 0 Å². The van der Waals surface area contributed by atoms with Crippen LogP contribution >= 0.6 is 0 Å². The number of ether oxygens (including phenoxy) is 1. The zero-order valence-corrected chi connectivity index (χ0v) is 17.4. The molecule has 152 valence electrons. The van der Waals surface area contributed by atoms with Crippen molar-refractivity contribution in [3.63, 3.8) is 0 Å². The number of hydrogen-bond acceptors (Lipinski definition) is 5. The molecule has 0 saturated heterocycles. The molecule has 1 aromatic heterocycles. The predicted molar refractivity (Wildman–Crippen MR) is 111 cm³/mol. The van der Waals surface area contributed by atoms with Crippen molar-refractivity contribution in [2.75, 3.05) is 17.1 Å². The molecular weight excluding hydrogens is 392 g/mol. The summed E-state index contributed by atoms with van der Waals surface area (Å²) in [5, 5.41) is 2.72. The molecule has 0 fully saturated rings. The van der Waals surface area contributed by atoms with E-state index in [4.69, 9.17) is 9.15 Å². The number of rotatable bonds is 6. The van der Waals surface area contributed by atoms with Gasteiger partial charge in [-0.2, -0.15) is 0 Å². The van der Waals surface area contributed by atoms with Gasteiger partial charge in [0.2, 0.25) is 0 Å². The second-order valence-corrected chi connectivity index (χ2v) is 8.25. The largest absolute Gasteiger partial charge is 0.497 e. The first-order valence-electron chi connectivity index (χ1n) is 8.85. The minimum atomic E-state index is -3.85. The van der Waals surface area contributed by atoms with E-state index in [2.05, 4.69) is 10.0 Å². The number of hydrogen-bond donors (Lipinski definition) is 2. The average Bonchev–Trinajstić information content (AvgIpc) is 3.01. The first kappa shape index (κ1) is 20.5. The SMILES string of the molecule is COc1ccc(NS(=O)(=O)c2cc(NC(=O)c3cc(C)oc3C)ccc2C)cc1. The van der Waals surface area contributed by atoms with E-state index >= 15 is 0 Å². The van der Waals surface area contributed by atoms with Crippen molar-refractivity contribution in [1.29, 1.82) is 0 Å². The summed E-state index contributed by atoms with van der Waals surface area (Å²) in [5.74, 6) is 1.39. The van der Waals surface area contributed by atoms with Crippen molar-refractivity contribution in [3.05, 3.63) is 71.2 Å². The molecule has 2 aromatic carbocycles. The molecule has 0 aliphatic carbocycles. The molecule has 29 heavy (non-hydrogen) atoms. The first-order valence-corrected chi connectivity index (χ1v) is 10.3. The van der Waals surface area contributed by atoms with Crippen LogP contribution in [0.4, 0.5) is 11.4 Å². The number of carbonyl (C=O) groups excluding carboxylic acids is 1. The van der Waals surface area contributed by atoms with Crippen molar-refractivity contribution in [3.8, 4) is 5.75 Å². The zero-order valence-electron chi connectivity index (χ0n) is 16.6. The summed E-state index contributed by atoms with van der Waals surface area (Å²) in [5.41, 5.74) is 1.74. The predicted octanol–water partition coefficient (Wildman–Crippen LogP) is 4.27. The van der Waals surface area contributed by atoms with Gasteiger partial charge >= 0.3 is 0 Å². The van der Waals surface area contributed by atoms with Gasteiger partial charge in [-0.1, -0.05) is 6.07 Å². The lowest BCUT2D eigenvalue weighted by Crippen LogP contribution is -2.16. The standard InChI is InChI=1S/C21H22N2O5S/c1-13-5-6-17(22-21(24)19-11-14(2)28-15(19)3)12-20(13)29(25,26)23-16-7-9-18(27-4)10-8-16/h5-12,23H,1-4H3,(H,22,24). The summed E-state index contributed by atoms with van der Waals surface area (Å²) in [7, 11) is -2.31. The maximum atomic E-state index is 12.9. The number of carbonyl (C=O) groups is 1. The number of benzene rings is 2. The summed E-state index contributed by atoms with van der Waals surface area (Å²) >= 11 is 0. The quantitative estimate of drug-likeness (QED) is 0.628. The Kier molecular flexibility index (Phi) is 5.65. The zero-order chi connectivity index (χ0) is 21.2. The Balaban J connectivity index is 1.85. The number of anilines is 2. The number of amides is 1. The van der Waals surface area contributed by atoms with Gasteiger partial charge in [-0.25, -0.2) is 8.42 Å². The van der Waals surface area contributed by atoms with Crippen LogP contribution in [0.2, 0.25) is 0 Å². The van der Waals surface area contributed by atoms with Gasteiger partial charge in [0.05, 0.1) is 17.6 Å². The molecule has 8 heteroatoms. The fraction of sp³-hybridized carbons (Fsp3) is 0.190. The molecule has 0 bridgehead atoms. The third-order valence-corrected chi connectivity index (χ3v) is 5.89. The molecule has 0 unspecified atom stereocenters. The van der Waals surface area contributed by atoms with Crippen LogP contribution in [-0.2, 0) is 10.0 Å². The van der Waals surface area contributed by atoms with Crippen LogP contribution in [0.1, 0.15) is 27.4 Å². The summed E-state index contributed by atoms with van der Waals surface area (Å²) in [6.07, 6.45) is 0. The Morgan fingerprint density at radius 1 is 0.966 bits per heavy atom. The molecular formula is C21H22N2O5S. The molecule has 2 N–H and O–H groups in total. The molecule has 1 amide bonds. The third kappa shape index (κ3) is 4.60. The fourth-order valence-corrected chi connectivity index (χ4v) is 4.22. The first-order chi connectivity index (χ1) is 13.7. The fourth-order valence-electron chi connectivity index (χ4n) is 2.89. The minimum Gasteiger partial charge on any atom is -0.497 e. The maximum Gasteiger partial charge on any atom is 0.262 e. The van der Waals surface area contributed by atoms with E-state index in [1.165, 1.54) is 13.2 Å². The molecule has 0 spiro atoms. The van der Waals surface area contributed by atoms with E-state index in [9.17, 15) is 13.2 Å². The monoisotopic (exact) mass is 414 g/mol. The smallest absolute Gasteiger partial charge is 0.262 e. The lowest BCUT2D eigenvalue weighted by molar-refractivity contribution is 0.102. The van der Waals surface area contributed by atoms with E-state index in [-0.39, 0.29) is 10.8 Å². The van der Waals surface area contributed by atoms with Crippen molar-refractivity contribution in [1.82, 2.24) is 0 Å². The molecule has 3 aromatic rings. The molecule has 0 atom stereocenters. The van der Waals surface area contributed by atoms with Gasteiger partial charge < -0.3 is 14.5 Å².